The van der Waals surface area contributed by atoms with Crippen molar-refractivity contribution in [2.45, 2.75) is 6.42 Å². The fourth-order valence-electron chi connectivity index (χ4n) is 2.03. The summed E-state index contributed by atoms with van der Waals surface area (Å²) in [6.45, 7) is 0.621. The number of rotatable bonds is 4. The molecule has 0 atom stereocenters. The quantitative estimate of drug-likeness (QED) is 0.910. The molecule has 0 aliphatic carbocycles. The van der Waals surface area contributed by atoms with Crippen LogP contribution in [0.2, 0.25) is 5.02 Å². The smallest absolute Gasteiger partial charge is 0.0442 e. The van der Waals surface area contributed by atoms with Crippen LogP contribution in [-0.4, -0.2) is 13.6 Å². The topological polar surface area (TPSA) is 29.3 Å². The molecule has 0 unspecified atom stereocenters. The Morgan fingerprint density at radius 2 is 1.83 bits per heavy atom. The van der Waals surface area contributed by atoms with Crippen molar-refractivity contribution >= 4 is 23.0 Å². The highest BCUT2D eigenvalue weighted by Gasteiger charge is 2.09. The van der Waals surface area contributed by atoms with E-state index in [9.17, 15) is 0 Å². The number of hydrogen-bond acceptors (Lipinski definition) is 2. The number of halogens is 1. The van der Waals surface area contributed by atoms with Gasteiger partial charge in [-0.25, -0.2) is 0 Å². The Hall–Kier alpha value is -1.51. The molecule has 0 aliphatic rings. The van der Waals surface area contributed by atoms with Gasteiger partial charge < -0.3 is 10.6 Å². The van der Waals surface area contributed by atoms with Crippen molar-refractivity contribution in [3.63, 3.8) is 0 Å². The molecule has 2 rings (SSSR count). The Kier molecular flexibility index (Phi) is 4.24. The second kappa shape index (κ2) is 5.89. The molecule has 0 amide bonds. The molecule has 18 heavy (non-hydrogen) atoms. The Morgan fingerprint density at radius 3 is 2.50 bits per heavy atom. The van der Waals surface area contributed by atoms with Gasteiger partial charge in [-0.3, -0.25) is 0 Å². The predicted octanol–water partition coefficient (Wildman–Crippen LogP) is 3.61. The van der Waals surface area contributed by atoms with E-state index < -0.39 is 0 Å². The Morgan fingerprint density at radius 1 is 1.11 bits per heavy atom. The number of nitrogens with zero attached hydrogens (tertiary/aromatic N) is 1. The second-order valence-corrected chi connectivity index (χ2v) is 4.64. The molecule has 0 radical (unpaired) electrons. The highest BCUT2D eigenvalue weighted by Crippen LogP contribution is 2.29. The van der Waals surface area contributed by atoms with Gasteiger partial charge in [-0.15, -0.1) is 0 Å². The zero-order chi connectivity index (χ0) is 13.0. The normalized spacial score (nSPS) is 10.4. The first-order chi connectivity index (χ1) is 8.72. The van der Waals surface area contributed by atoms with E-state index in [0.717, 1.165) is 22.8 Å². The largest absolute Gasteiger partial charge is 0.344 e. The summed E-state index contributed by atoms with van der Waals surface area (Å²) in [5.41, 5.74) is 9.13. The highest BCUT2D eigenvalue weighted by molar-refractivity contribution is 6.30. The fourth-order valence-corrected chi connectivity index (χ4v) is 2.22. The van der Waals surface area contributed by atoms with Crippen molar-refractivity contribution in [2.24, 2.45) is 5.73 Å². The van der Waals surface area contributed by atoms with Crippen LogP contribution in [0, 0.1) is 0 Å². The lowest BCUT2D eigenvalue weighted by atomic mass is 10.1. The standard InChI is InChI=1S/C15H17ClN2/c1-18(14-5-3-2-4-6-14)15-8-7-13(16)11-12(15)9-10-17/h2-8,11H,9-10,17H2,1H3. The summed E-state index contributed by atoms with van der Waals surface area (Å²) in [5.74, 6) is 0. The van der Waals surface area contributed by atoms with Crippen LogP contribution in [0.15, 0.2) is 48.5 Å². The van der Waals surface area contributed by atoms with E-state index in [1.165, 1.54) is 5.56 Å². The summed E-state index contributed by atoms with van der Waals surface area (Å²) < 4.78 is 0. The average molecular weight is 261 g/mol. The highest BCUT2D eigenvalue weighted by atomic mass is 35.5. The van der Waals surface area contributed by atoms with Crippen LogP contribution in [0.4, 0.5) is 11.4 Å². The van der Waals surface area contributed by atoms with Gasteiger partial charge in [-0.2, -0.15) is 0 Å². The van der Waals surface area contributed by atoms with E-state index in [1.54, 1.807) is 0 Å². The molecule has 94 valence electrons. The van der Waals surface area contributed by atoms with Crippen molar-refractivity contribution in [3.8, 4) is 0 Å². The Bertz CT molecular complexity index is 511. The van der Waals surface area contributed by atoms with Gasteiger partial charge in [-0.1, -0.05) is 29.8 Å². The minimum absolute atomic E-state index is 0.621. The molecule has 0 saturated carbocycles. The maximum Gasteiger partial charge on any atom is 0.0442 e. The predicted molar refractivity (Wildman–Crippen MR) is 78.7 cm³/mol. The van der Waals surface area contributed by atoms with E-state index >= 15 is 0 Å². The molecular formula is C15H17ClN2. The zero-order valence-electron chi connectivity index (χ0n) is 10.4. The van der Waals surface area contributed by atoms with Gasteiger partial charge in [0.1, 0.15) is 0 Å². The molecule has 0 heterocycles. The molecule has 0 aliphatic heterocycles. The van der Waals surface area contributed by atoms with E-state index in [-0.39, 0.29) is 0 Å². The van der Waals surface area contributed by atoms with Crippen LogP contribution in [-0.2, 0) is 6.42 Å². The van der Waals surface area contributed by atoms with Gasteiger partial charge in [0, 0.05) is 23.4 Å². The lowest BCUT2D eigenvalue weighted by molar-refractivity contribution is 0.961. The summed E-state index contributed by atoms with van der Waals surface area (Å²) in [5, 5.41) is 0.753. The number of anilines is 2. The molecule has 0 saturated heterocycles. The zero-order valence-corrected chi connectivity index (χ0v) is 11.2. The maximum absolute atomic E-state index is 6.04. The first-order valence-electron chi connectivity index (χ1n) is 5.99. The lowest BCUT2D eigenvalue weighted by Gasteiger charge is -2.22. The van der Waals surface area contributed by atoms with Crippen LogP contribution in [0.1, 0.15) is 5.56 Å². The maximum atomic E-state index is 6.04. The molecule has 2 aromatic rings. The van der Waals surface area contributed by atoms with Gasteiger partial charge in [0.25, 0.3) is 0 Å². The molecular weight excluding hydrogens is 244 g/mol. The molecule has 0 bridgehead atoms. The van der Waals surface area contributed by atoms with Crippen molar-refractivity contribution in [1.82, 2.24) is 0 Å². The van der Waals surface area contributed by atoms with E-state index in [1.807, 2.05) is 36.4 Å². The van der Waals surface area contributed by atoms with E-state index in [0.29, 0.717) is 6.54 Å². The van der Waals surface area contributed by atoms with Crippen LogP contribution in [0.25, 0.3) is 0 Å². The lowest BCUT2D eigenvalue weighted by Crippen LogP contribution is -2.13. The van der Waals surface area contributed by atoms with Crippen molar-refractivity contribution in [1.29, 1.82) is 0 Å². The van der Waals surface area contributed by atoms with Gasteiger partial charge in [0.15, 0.2) is 0 Å². The second-order valence-electron chi connectivity index (χ2n) is 4.21. The summed E-state index contributed by atoms with van der Waals surface area (Å²) in [6, 6.07) is 16.2. The third kappa shape index (κ3) is 2.84. The van der Waals surface area contributed by atoms with Crippen LogP contribution in [0.5, 0.6) is 0 Å². The molecule has 0 spiro atoms. The molecule has 0 fully saturated rings. The minimum atomic E-state index is 0.621. The van der Waals surface area contributed by atoms with Crippen molar-refractivity contribution in [2.75, 3.05) is 18.5 Å². The number of hydrogen-bond donors (Lipinski definition) is 1. The van der Waals surface area contributed by atoms with E-state index in [4.69, 9.17) is 17.3 Å². The van der Waals surface area contributed by atoms with Crippen LogP contribution >= 0.6 is 11.6 Å². The molecule has 2 aromatic carbocycles. The molecule has 2 N–H and O–H groups in total. The first kappa shape index (κ1) is 12.9. The summed E-state index contributed by atoms with van der Waals surface area (Å²) in [6.07, 6.45) is 0.826. The van der Waals surface area contributed by atoms with Crippen molar-refractivity contribution in [3.05, 3.63) is 59.1 Å². The molecule has 3 heteroatoms. The fraction of sp³-hybridized carbons (Fsp3) is 0.200. The van der Waals surface area contributed by atoms with Crippen molar-refractivity contribution < 1.29 is 0 Å². The van der Waals surface area contributed by atoms with Crippen LogP contribution in [0.3, 0.4) is 0 Å². The number of benzene rings is 2. The summed E-state index contributed by atoms with van der Waals surface area (Å²) >= 11 is 6.04. The SMILES string of the molecule is CN(c1ccccc1)c1ccc(Cl)cc1CCN. The van der Waals surface area contributed by atoms with Crippen LogP contribution < -0.4 is 10.6 Å². The number of para-hydroxylation sites is 1. The Balaban J connectivity index is 2.38. The van der Waals surface area contributed by atoms with Gasteiger partial charge in [0.2, 0.25) is 0 Å². The monoisotopic (exact) mass is 260 g/mol. The minimum Gasteiger partial charge on any atom is -0.344 e. The van der Waals surface area contributed by atoms with Gasteiger partial charge in [0.05, 0.1) is 0 Å². The Labute approximate surface area is 113 Å². The van der Waals surface area contributed by atoms with Gasteiger partial charge >= 0.3 is 0 Å². The molecule has 0 aromatic heterocycles. The third-order valence-corrected chi connectivity index (χ3v) is 3.20. The molecule has 2 nitrogen and oxygen atoms in total. The third-order valence-electron chi connectivity index (χ3n) is 2.96. The van der Waals surface area contributed by atoms with E-state index in [2.05, 4.69) is 24.1 Å². The van der Waals surface area contributed by atoms with Gasteiger partial charge in [-0.05, 0) is 48.9 Å². The first-order valence-corrected chi connectivity index (χ1v) is 6.37. The summed E-state index contributed by atoms with van der Waals surface area (Å²) in [4.78, 5) is 2.15. The average Bonchev–Trinajstić information content (AvgIpc) is 2.40. The summed E-state index contributed by atoms with van der Waals surface area (Å²) in [7, 11) is 2.05. The number of nitrogens with two attached hydrogens (primary N) is 1.